The van der Waals surface area contributed by atoms with Gasteiger partial charge in [-0.3, -0.25) is 4.79 Å². The lowest BCUT2D eigenvalue weighted by Gasteiger charge is -2.02. The van der Waals surface area contributed by atoms with Crippen molar-refractivity contribution >= 4 is 12.0 Å². The molecular weight excluding hydrogens is 228 g/mol. The Labute approximate surface area is 107 Å². The Morgan fingerprint density at radius 1 is 1.56 bits per heavy atom. The maximum Gasteiger partial charge on any atom is 0.306 e. The van der Waals surface area contributed by atoms with Gasteiger partial charge in [-0.1, -0.05) is 25.1 Å². The van der Waals surface area contributed by atoms with Gasteiger partial charge < -0.3 is 9.84 Å². The summed E-state index contributed by atoms with van der Waals surface area (Å²) in [5.74, 6) is -0.00667. The molecule has 1 aromatic rings. The maximum absolute atomic E-state index is 10.7. The smallest absolute Gasteiger partial charge is 0.306 e. The summed E-state index contributed by atoms with van der Waals surface area (Å²) >= 11 is 0. The second-order valence-corrected chi connectivity index (χ2v) is 4.68. The molecule has 0 saturated heterocycles. The fourth-order valence-corrected chi connectivity index (χ4v) is 2.00. The number of hydrogen-bond donors (Lipinski definition) is 1. The quantitative estimate of drug-likeness (QED) is 0.868. The Morgan fingerprint density at radius 3 is 3.17 bits per heavy atom. The third-order valence-electron chi connectivity index (χ3n) is 3.21. The highest BCUT2D eigenvalue weighted by molar-refractivity contribution is 5.69. The first kappa shape index (κ1) is 12.7. The third kappa shape index (κ3) is 3.13. The van der Waals surface area contributed by atoms with Crippen LogP contribution in [-0.2, 0) is 11.2 Å². The molecule has 0 saturated carbocycles. The number of carboxylic acid groups (broad SMARTS) is 1. The van der Waals surface area contributed by atoms with E-state index in [0.29, 0.717) is 6.42 Å². The largest absolute Gasteiger partial charge is 0.493 e. The lowest BCUT2D eigenvalue weighted by molar-refractivity contribution is -0.141. The molecule has 1 N–H and O–H groups in total. The van der Waals surface area contributed by atoms with E-state index in [1.807, 2.05) is 24.3 Å². The number of allylic oxidation sites excluding steroid dienone is 1. The van der Waals surface area contributed by atoms with Crippen molar-refractivity contribution in [1.82, 2.24) is 0 Å². The van der Waals surface area contributed by atoms with Crippen molar-refractivity contribution in [2.75, 3.05) is 6.61 Å². The monoisotopic (exact) mass is 246 g/mol. The molecule has 3 nitrogen and oxygen atoms in total. The van der Waals surface area contributed by atoms with Gasteiger partial charge in [0, 0.05) is 6.42 Å². The van der Waals surface area contributed by atoms with Crippen molar-refractivity contribution in [3.63, 3.8) is 0 Å². The van der Waals surface area contributed by atoms with Crippen molar-refractivity contribution in [2.45, 2.75) is 26.2 Å². The summed E-state index contributed by atoms with van der Waals surface area (Å²) in [6.07, 6.45) is 6.54. The lowest BCUT2D eigenvalue weighted by atomic mass is 10.0. The average molecular weight is 246 g/mol. The third-order valence-corrected chi connectivity index (χ3v) is 3.21. The van der Waals surface area contributed by atoms with Gasteiger partial charge in [-0.25, -0.2) is 0 Å². The molecule has 96 valence electrons. The first-order chi connectivity index (χ1) is 8.66. The fourth-order valence-electron chi connectivity index (χ4n) is 2.00. The van der Waals surface area contributed by atoms with Gasteiger partial charge in [0.25, 0.3) is 0 Å². The highest BCUT2D eigenvalue weighted by Crippen LogP contribution is 2.26. The predicted molar refractivity (Wildman–Crippen MR) is 70.7 cm³/mol. The topological polar surface area (TPSA) is 46.5 Å². The van der Waals surface area contributed by atoms with Crippen molar-refractivity contribution < 1.29 is 14.6 Å². The summed E-state index contributed by atoms with van der Waals surface area (Å²) in [5.41, 5.74) is 2.42. The number of benzene rings is 1. The number of ether oxygens (including phenoxy) is 1. The Morgan fingerprint density at radius 2 is 2.39 bits per heavy atom. The standard InChI is InChI=1S/C15H18O3/c1-11(15(16)17)4-2-3-5-12-6-7-14-13(10-12)8-9-18-14/h3,5-7,10-11H,2,4,8-9H2,1H3,(H,16,17)/b5-3+. The predicted octanol–water partition coefficient (Wildman–Crippen LogP) is 3.14. The van der Waals surface area contributed by atoms with Gasteiger partial charge >= 0.3 is 5.97 Å². The van der Waals surface area contributed by atoms with E-state index in [4.69, 9.17) is 9.84 Å². The Kier molecular flexibility index (Phi) is 4.03. The summed E-state index contributed by atoms with van der Waals surface area (Å²) in [6, 6.07) is 6.17. The van der Waals surface area contributed by atoms with Gasteiger partial charge in [0.05, 0.1) is 12.5 Å². The van der Waals surface area contributed by atoms with Gasteiger partial charge in [-0.2, -0.15) is 0 Å². The molecule has 18 heavy (non-hydrogen) atoms. The summed E-state index contributed by atoms with van der Waals surface area (Å²) < 4.78 is 5.45. The highest BCUT2D eigenvalue weighted by Gasteiger charge is 2.11. The number of carboxylic acids is 1. The van der Waals surface area contributed by atoms with Crippen molar-refractivity contribution in [1.29, 1.82) is 0 Å². The molecule has 1 atom stereocenters. The van der Waals surface area contributed by atoms with E-state index >= 15 is 0 Å². The van der Waals surface area contributed by atoms with Gasteiger partial charge in [0.1, 0.15) is 5.75 Å². The molecule has 3 heteroatoms. The lowest BCUT2D eigenvalue weighted by Crippen LogP contribution is -2.08. The molecule has 0 radical (unpaired) electrons. The maximum atomic E-state index is 10.7. The number of carbonyl (C=O) groups is 1. The minimum atomic E-state index is -0.724. The fraction of sp³-hybridized carbons (Fsp3) is 0.400. The molecular formula is C15H18O3. The summed E-state index contributed by atoms with van der Waals surface area (Å²) in [6.45, 7) is 2.52. The van der Waals surface area contributed by atoms with Crippen LogP contribution in [0.25, 0.3) is 6.08 Å². The van der Waals surface area contributed by atoms with Crippen molar-refractivity contribution in [3.05, 3.63) is 35.4 Å². The summed E-state index contributed by atoms with van der Waals surface area (Å²) in [7, 11) is 0. The first-order valence-electron chi connectivity index (χ1n) is 6.32. The van der Waals surface area contributed by atoms with Crippen LogP contribution < -0.4 is 4.74 Å². The number of fused-ring (bicyclic) bond motifs is 1. The van der Waals surface area contributed by atoms with Gasteiger partial charge in [-0.15, -0.1) is 0 Å². The van der Waals surface area contributed by atoms with Crippen molar-refractivity contribution in [3.8, 4) is 5.75 Å². The minimum absolute atomic E-state index is 0.275. The van der Waals surface area contributed by atoms with Crippen LogP contribution in [0.1, 0.15) is 30.9 Å². The van der Waals surface area contributed by atoms with Crippen LogP contribution in [0, 0.1) is 5.92 Å². The molecule has 0 aromatic heterocycles. The zero-order valence-corrected chi connectivity index (χ0v) is 10.6. The van der Waals surface area contributed by atoms with E-state index in [1.54, 1.807) is 6.92 Å². The summed E-state index contributed by atoms with van der Waals surface area (Å²) in [4.78, 5) is 10.7. The molecule has 0 spiro atoms. The van der Waals surface area contributed by atoms with Crippen LogP contribution in [0.4, 0.5) is 0 Å². The number of rotatable bonds is 5. The molecule has 1 aliphatic heterocycles. The number of hydrogen-bond acceptors (Lipinski definition) is 2. The van der Waals surface area contributed by atoms with E-state index in [2.05, 4.69) is 6.07 Å². The Hall–Kier alpha value is -1.77. The number of aliphatic carboxylic acids is 1. The second kappa shape index (κ2) is 5.71. The zero-order chi connectivity index (χ0) is 13.0. The molecule has 0 bridgehead atoms. The molecule has 0 amide bonds. The molecule has 2 rings (SSSR count). The highest BCUT2D eigenvalue weighted by atomic mass is 16.5. The molecule has 1 aromatic carbocycles. The van der Waals surface area contributed by atoms with E-state index in [0.717, 1.165) is 30.8 Å². The van der Waals surface area contributed by atoms with E-state index in [-0.39, 0.29) is 5.92 Å². The molecule has 1 aliphatic rings. The normalized spacial score (nSPS) is 15.4. The molecule has 1 unspecified atom stereocenters. The second-order valence-electron chi connectivity index (χ2n) is 4.68. The first-order valence-corrected chi connectivity index (χ1v) is 6.32. The van der Waals surface area contributed by atoms with E-state index < -0.39 is 5.97 Å². The van der Waals surface area contributed by atoms with E-state index in [1.165, 1.54) is 5.56 Å². The van der Waals surface area contributed by atoms with Crippen LogP contribution in [0.15, 0.2) is 24.3 Å². The Balaban J connectivity index is 1.88. The van der Waals surface area contributed by atoms with Crippen LogP contribution in [-0.4, -0.2) is 17.7 Å². The van der Waals surface area contributed by atoms with Crippen LogP contribution in [0.2, 0.25) is 0 Å². The van der Waals surface area contributed by atoms with Crippen LogP contribution in [0.5, 0.6) is 5.75 Å². The molecule has 0 fully saturated rings. The average Bonchev–Trinajstić information content (AvgIpc) is 2.81. The van der Waals surface area contributed by atoms with Crippen LogP contribution in [0.3, 0.4) is 0 Å². The van der Waals surface area contributed by atoms with E-state index in [9.17, 15) is 4.79 Å². The van der Waals surface area contributed by atoms with Gasteiger partial charge in [0.2, 0.25) is 0 Å². The minimum Gasteiger partial charge on any atom is -0.493 e. The molecule has 0 aliphatic carbocycles. The van der Waals surface area contributed by atoms with Gasteiger partial charge in [-0.05, 0) is 36.1 Å². The zero-order valence-electron chi connectivity index (χ0n) is 10.6. The summed E-state index contributed by atoms with van der Waals surface area (Å²) in [5, 5.41) is 8.77. The van der Waals surface area contributed by atoms with Crippen molar-refractivity contribution in [2.24, 2.45) is 5.92 Å². The Bertz CT molecular complexity index is 463. The van der Waals surface area contributed by atoms with Gasteiger partial charge in [0.15, 0.2) is 0 Å². The molecule has 1 heterocycles. The SMILES string of the molecule is CC(CC/C=C/c1ccc2c(c1)CCO2)C(=O)O. The van der Waals surface area contributed by atoms with Crippen LogP contribution >= 0.6 is 0 Å².